The third-order valence-corrected chi connectivity index (χ3v) is 4.49. The van der Waals surface area contributed by atoms with E-state index in [0.717, 1.165) is 11.3 Å². The second-order valence-corrected chi connectivity index (χ2v) is 9.95. The minimum absolute atomic E-state index is 0.360. The van der Waals surface area contributed by atoms with Crippen LogP contribution >= 0.6 is 0 Å². The largest absolute Gasteiger partial charge is 0.333 e. The summed E-state index contributed by atoms with van der Waals surface area (Å²) in [6.45, 7) is 8.11. The van der Waals surface area contributed by atoms with Crippen LogP contribution in [0.1, 0.15) is 15.9 Å². The molecule has 0 bridgehead atoms. The van der Waals surface area contributed by atoms with Crippen molar-refractivity contribution in [3.8, 4) is 0 Å². The third-order valence-electron chi connectivity index (χ3n) is 2.71. The van der Waals surface area contributed by atoms with E-state index < -0.39 is 8.24 Å². The van der Waals surface area contributed by atoms with E-state index in [2.05, 4.69) is 19.6 Å². The zero-order chi connectivity index (χ0) is 12.1. The zero-order valence-electron chi connectivity index (χ0n) is 10.00. The Kier molecular flexibility index (Phi) is 2.27. The summed E-state index contributed by atoms with van der Waals surface area (Å²) in [7, 11) is -1.83. The summed E-state index contributed by atoms with van der Waals surface area (Å²) >= 11 is 0. The number of nitrogens with zero attached hydrogens (tertiary/aromatic N) is 1. The van der Waals surface area contributed by atoms with E-state index in [1.54, 1.807) is 10.6 Å². The first-order valence-electron chi connectivity index (χ1n) is 5.32. The Labute approximate surface area is 96.2 Å². The molecule has 0 radical (unpaired) electrons. The Hall–Kier alpha value is -1.42. The van der Waals surface area contributed by atoms with Crippen molar-refractivity contribution in [2.45, 2.75) is 26.6 Å². The summed E-state index contributed by atoms with van der Waals surface area (Å²) < 4.78 is 1.71. The van der Waals surface area contributed by atoms with Crippen LogP contribution < -0.4 is 4.57 Å². The molecule has 16 heavy (non-hydrogen) atoms. The smallest absolute Gasteiger partial charge is 0.291 e. The lowest BCUT2D eigenvalue weighted by atomic mass is 10.1. The lowest BCUT2D eigenvalue weighted by molar-refractivity contribution is -0.113. The van der Waals surface area contributed by atoms with Gasteiger partial charge in [0.05, 0.1) is 5.56 Å². The van der Waals surface area contributed by atoms with E-state index in [1.165, 1.54) is 0 Å². The van der Waals surface area contributed by atoms with E-state index in [0.29, 0.717) is 5.56 Å². The molecule has 1 aromatic rings. The number of aryl methyl sites for hydroxylation is 1. The Morgan fingerprint density at radius 3 is 2.31 bits per heavy atom. The molecule has 0 aliphatic carbocycles. The number of hydrogen-bond acceptors (Lipinski definition) is 2. The number of hydrogen-bond donors (Lipinski definition) is 0. The SMILES string of the molecule is Cc1ccc2c(c1)C(=O)C(=O)N2[Si](C)(C)C. The molecule has 3 nitrogen and oxygen atoms in total. The van der Waals surface area contributed by atoms with Crippen molar-refractivity contribution in [1.82, 2.24) is 0 Å². The van der Waals surface area contributed by atoms with Gasteiger partial charge in [0, 0.05) is 5.69 Å². The van der Waals surface area contributed by atoms with Gasteiger partial charge < -0.3 is 4.57 Å². The van der Waals surface area contributed by atoms with E-state index in [1.807, 2.05) is 19.1 Å². The first kappa shape index (κ1) is 11.1. The Bertz CT molecular complexity index is 488. The summed E-state index contributed by atoms with van der Waals surface area (Å²) in [5.74, 6) is -0.721. The number of fused-ring (bicyclic) bond motifs is 1. The highest BCUT2D eigenvalue weighted by molar-refractivity contribution is 6.87. The topological polar surface area (TPSA) is 37.4 Å². The standard InChI is InChI=1S/C12H15NO2Si/c1-8-5-6-10-9(7-8)11(14)12(15)13(10)16(2,3)4/h5-7H,1-4H3. The molecule has 1 amide bonds. The summed E-state index contributed by atoms with van der Waals surface area (Å²) in [4.78, 5) is 23.8. The maximum absolute atomic E-state index is 11.9. The Morgan fingerprint density at radius 1 is 1.12 bits per heavy atom. The van der Waals surface area contributed by atoms with Crippen molar-refractivity contribution in [1.29, 1.82) is 0 Å². The van der Waals surface area contributed by atoms with E-state index in [-0.39, 0.29) is 11.7 Å². The molecule has 0 saturated carbocycles. The van der Waals surface area contributed by atoms with Crippen LogP contribution in [0.15, 0.2) is 18.2 Å². The molecule has 0 unspecified atom stereocenters. The van der Waals surface area contributed by atoms with Gasteiger partial charge in [0.25, 0.3) is 11.7 Å². The second-order valence-electron chi connectivity index (χ2n) is 5.16. The van der Waals surface area contributed by atoms with Crippen LogP contribution in [-0.4, -0.2) is 19.9 Å². The maximum atomic E-state index is 11.9. The number of carbonyl (C=O) groups is 2. The number of rotatable bonds is 1. The average Bonchev–Trinajstić information content (AvgIpc) is 2.40. The van der Waals surface area contributed by atoms with Gasteiger partial charge in [-0.25, -0.2) is 0 Å². The van der Waals surface area contributed by atoms with Gasteiger partial charge in [-0.1, -0.05) is 31.3 Å². The molecule has 84 valence electrons. The number of benzene rings is 1. The fraction of sp³-hybridized carbons (Fsp3) is 0.333. The van der Waals surface area contributed by atoms with Crippen LogP contribution in [0.2, 0.25) is 19.6 Å². The van der Waals surface area contributed by atoms with Gasteiger partial charge in [0.15, 0.2) is 8.24 Å². The molecule has 0 fully saturated rings. The van der Waals surface area contributed by atoms with Crippen molar-refractivity contribution in [3.05, 3.63) is 29.3 Å². The number of Topliss-reactive ketones (excluding diaryl/α,β-unsaturated/α-hetero) is 1. The van der Waals surface area contributed by atoms with Crippen LogP contribution in [0.25, 0.3) is 0 Å². The van der Waals surface area contributed by atoms with Crippen LogP contribution in [0, 0.1) is 6.92 Å². The number of amides is 1. The quantitative estimate of drug-likeness (QED) is 0.551. The molecule has 0 spiro atoms. The lowest BCUT2D eigenvalue weighted by Gasteiger charge is -2.29. The van der Waals surface area contributed by atoms with Gasteiger partial charge in [0.1, 0.15) is 0 Å². The normalized spacial score (nSPS) is 15.6. The fourth-order valence-electron chi connectivity index (χ4n) is 2.02. The minimum atomic E-state index is -1.83. The highest BCUT2D eigenvalue weighted by Gasteiger charge is 2.42. The van der Waals surface area contributed by atoms with Gasteiger partial charge in [-0.3, -0.25) is 9.59 Å². The van der Waals surface area contributed by atoms with Crippen molar-refractivity contribution in [2.24, 2.45) is 0 Å². The van der Waals surface area contributed by atoms with E-state index in [9.17, 15) is 9.59 Å². The predicted molar refractivity (Wildman–Crippen MR) is 66.3 cm³/mol. The summed E-state index contributed by atoms with van der Waals surface area (Å²) in [5, 5.41) is 0. The first-order valence-corrected chi connectivity index (χ1v) is 8.76. The average molecular weight is 233 g/mol. The van der Waals surface area contributed by atoms with Crippen LogP contribution in [-0.2, 0) is 4.79 Å². The molecule has 1 heterocycles. The molecule has 1 aliphatic heterocycles. The summed E-state index contributed by atoms with van der Waals surface area (Å²) in [6, 6.07) is 5.62. The van der Waals surface area contributed by atoms with Gasteiger partial charge in [0.2, 0.25) is 0 Å². The third kappa shape index (κ3) is 1.50. The number of anilines is 1. The highest BCUT2D eigenvalue weighted by Crippen LogP contribution is 2.33. The molecule has 2 rings (SSSR count). The van der Waals surface area contributed by atoms with Crippen LogP contribution in [0.5, 0.6) is 0 Å². The predicted octanol–water partition coefficient (Wildman–Crippen LogP) is 2.36. The van der Waals surface area contributed by atoms with E-state index in [4.69, 9.17) is 0 Å². The van der Waals surface area contributed by atoms with Crippen LogP contribution in [0.3, 0.4) is 0 Å². The molecule has 0 atom stereocenters. The number of carbonyl (C=O) groups excluding carboxylic acids is 2. The van der Waals surface area contributed by atoms with Gasteiger partial charge in [-0.15, -0.1) is 0 Å². The molecule has 0 aromatic heterocycles. The monoisotopic (exact) mass is 233 g/mol. The zero-order valence-corrected chi connectivity index (χ0v) is 11.0. The molecule has 0 saturated heterocycles. The van der Waals surface area contributed by atoms with Crippen molar-refractivity contribution in [2.75, 3.05) is 4.57 Å². The van der Waals surface area contributed by atoms with Crippen molar-refractivity contribution < 1.29 is 9.59 Å². The molecule has 0 N–H and O–H groups in total. The number of ketones is 1. The van der Waals surface area contributed by atoms with Crippen molar-refractivity contribution in [3.63, 3.8) is 0 Å². The van der Waals surface area contributed by atoms with Gasteiger partial charge in [-0.05, 0) is 19.1 Å². The Morgan fingerprint density at radius 2 is 1.75 bits per heavy atom. The molecule has 4 heteroatoms. The molecule has 1 aromatic carbocycles. The summed E-state index contributed by atoms with van der Waals surface area (Å²) in [6.07, 6.45) is 0. The Balaban J connectivity index is 2.64. The van der Waals surface area contributed by atoms with Gasteiger partial charge in [-0.2, -0.15) is 0 Å². The van der Waals surface area contributed by atoms with Crippen LogP contribution in [0.4, 0.5) is 5.69 Å². The van der Waals surface area contributed by atoms with Gasteiger partial charge >= 0.3 is 0 Å². The second kappa shape index (κ2) is 3.28. The summed E-state index contributed by atoms with van der Waals surface area (Å²) in [5.41, 5.74) is 2.37. The minimum Gasteiger partial charge on any atom is -0.333 e. The lowest BCUT2D eigenvalue weighted by Crippen LogP contribution is -2.49. The molecular formula is C12H15NO2Si. The van der Waals surface area contributed by atoms with E-state index >= 15 is 0 Å². The fourth-order valence-corrected chi connectivity index (χ4v) is 3.65. The molecular weight excluding hydrogens is 218 g/mol. The first-order chi connectivity index (χ1) is 7.32. The van der Waals surface area contributed by atoms with Crippen molar-refractivity contribution >= 4 is 25.6 Å². The molecule has 1 aliphatic rings. The maximum Gasteiger partial charge on any atom is 0.291 e. The highest BCUT2D eigenvalue weighted by atomic mass is 28.3.